The number of barbiturate groups is 1. The molecule has 1 aliphatic heterocycles. The number of imide groups is 2. The van der Waals surface area contributed by atoms with E-state index in [1.807, 2.05) is 43.3 Å². The molecule has 1 fully saturated rings. The van der Waals surface area contributed by atoms with Crippen LogP contribution in [-0.2, 0) is 16.2 Å². The predicted octanol–water partition coefficient (Wildman–Crippen LogP) is 4.85. The van der Waals surface area contributed by atoms with Crippen molar-refractivity contribution in [1.29, 1.82) is 0 Å². The van der Waals surface area contributed by atoms with E-state index < -0.39 is 17.8 Å². The second-order valence-electron chi connectivity index (χ2n) is 7.61. The maximum Gasteiger partial charge on any atom is 0.335 e. The Balaban J connectivity index is 1.65. The van der Waals surface area contributed by atoms with Crippen LogP contribution in [0.4, 0.5) is 10.5 Å². The lowest BCUT2D eigenvalue weighted by Gasteiger charge is -2.26. The average Bonchev–Trinajstić information content (AvgIpc) is 2.81. The first-order valence-electron chi connectivity index (χ1n) is 10.4. The van der Waals surface area contributed by atoms with Gasteiger partial charge in [0.1, 0.15) is 12.2 Å². The summed E-state index contributed by atoms with van der Waals surface area (Å²) >= 11 is 2.12. The molecule has 172 valence electrons. The average molecular weight is 568 g/mol. The van der Waals surface area contributed by atoms with E-state index in [9.17, 15) is 14.4 Å². The van der Waals surface area contributed by atoms with E-state index in [4.69, 9.17) is 9.47 Å². The van der Waals surface area contributed by atoms with Crippen molar-refractivity contribution in [2.24, 2.45) is 0 Å². The molecular formula is C26H21IN2O5. The number of ether oxygens (including phenoxy) is 2. The van der Waals surface area contributed by atoms with Crippen LogP contribution in [0.1, 0.15) is 16.7 Å². The molecule has 1 heterocycles. The van der Waals surface area contributed by atoms with E-state index >= 15 is 0 Å². The van der Waals surface area contributed by atoms with E-state index in [1.165, 1.54) is 13.2 Å². The molecule has 7 nitrogen and oxygen atoms in total. The van der Waals surface area contributed by atoms with Crippen molar-refractivity contribution in [3.63, 3.8) is 0 Å². The second kappa shape index (κ2) is 10.1. The summed E-state index contributed by atoms with van der Waals surface area (Å²) in [5.74, 6) is -0.426. The fourth-order valence-corrected chi connectivity index (χ4v) is 4.30. The summed E-state index contributed by atoms with van der Waals surface area (Å²) < 4.78 is 12.2. The highest BCUT2D eigenvalue weighted by molar-refractivity contribution is 14.1. The van der Waals surface area contributed by atoms with Gasteiger partial charge in [-0.3, -0.25) is 14.9 Å². The number of nitrogens with zero attached hydrogens (tertiary/aromatic N) is 1. The maximum absolute atomic E-state index is 13.1. The van der Waals surface area contributed by atoms with Crippen LogP contribution in [0.3, 0.4) is 0 Å². The zero-order chi connectivity index (χ0) is 24.2. The number of nitrogens with one attached hydrogen (secondary N) is 1. The van der Waals surface area contributed by atoms with Crippen LogP contribution >= 0.6 is 22.6 Å². The Kier molecular flexibility index (Phi) is 6.97. The molecule has 3 aromatic rings. The summed E-state index contributed by atoms with van der Waals surface area (Å²) in [6.07, 6.45) is 1.44. The summed E-state index contributed by atoms with van der Waals surface area (Å²) in [5.41, 5.74) is 2.68. The molecule has 1 saturated heterocycles. The third-order valence-electron chi connectivity index (χ3n) is 5.15. The number of methoxy groups -OCH3 is 1. The van der Waals surface area contributed by atoms with Crippen molar-refractivity contribution in [3.05, 3.63) is 92.6 Å². The molecule has 0 unspecified atom stereocenters. The van der Waals surface area contributed by atoms with E-state index in [1.54, 1.807) is 30.3 Å². The number of rotatable bonds is 6. The third kappa shape index (κ3) is 4.96. The highest BCUT2D eigenvalue weighted by Crippen LogP contribution is 2.35. The minimum absolute atomic E-state index is 0.156. The van der Waals surface area contributed by atoms with Gasteiger partial charge in [0, 0.05) is 0 Å². The van der Waals surface area contributed by atoms with Gasteiger partial charge in [-0.15, -0.1) is 0 Å². The fraction of sp³-hybridized carbons (Fsp3) is 0.115. The normalized spacial score (nSPS) is 14.9. The summed E-state index contributed by atoms with van der Waals surface area (Å²) in [5, 5.41) is 2.24. The molecule has 0 atom stereocenters. The lowest BCUT2D eigenvalue weighted by Crippen LogP contribution is -2.54. The molecule has 1 aliphatic rings. The Morgan fingerprint density at radius 2 is 1.76 bits per heavy atom. The molecule has 0 bridgehead atoms. The molecule has 3 aromatic carbocycles. The summed E-state index contributed by atoms with van der Waals surface area (Å²) in [6, 6.07) is 19.4. The number of anilines is 1. The molecule has 0 radical (unpaired) electrons. The number of halogens is 1. The third-order valence-corrected chi connectivity index (χ3v) is 5.95. The van der Waals surface area contributed by atoms with Crippen molar-refractivity contribution in [3.8, 4) is 11.5 Å². The molecule has 8 heteroatoms. The molecule has 4 amide bonds. The Morgan fingerprint density at radius 1 is 1.00 bits per heavy atom. The number of urea groups is 1. The van der Waals surface area contributed by atoms with Crippen molar-refractivity contribution >= 4 is 52.2 Å². The largest absolute Gasteiger partial charge is 0.493 e. The van der Waals surface area contributed by atoms with Gasteiger partial charge in [-0.05, 0) is 76.5 Å². The van der Waals surface area contributed by atoms with Crippen LogP contribution in [0.15, 0.2) is 72.3 Å². The lowest BCUT2D eigenvalue weighted by molar-refractivity contribution is -0.122. The Hall–Kier alpha value is -3.66. The molecular weight excluding hydrogens is 547 g/mol. The van der Waals surface area contributed by atoms with Crippen LogP contribution < -0.4 is 19.7 Å². The quantitative estimate of drug-likeness (QED) is 0.261. The van der Waals surface area contributed by atoms with Crippen molar-refractivity contribution < 1.29 is 23.9 Å². The van der Waals surface area contributed by atoms with Crippen LogP contribution in [0.25, 0.3) is 6.08 Å². The van der Waals surface area contributed by atoms with Gasteiger partial charge in [0.25, 0.3) is 11.8 Å². The molecule has 34 heavy (non-hydrogen) atoms. The number of hydrogen-bond donors (Lipinski definition) is 1. The number of amides is 4. The van der Waals surface area contributed by atoms with Gasteiger partial charge in [0.2, 0.25) is 0 Å². The van der Waals surface area contributed by atoms with Crippen LogP contribution in [0, 0.1) is 10.5 Å². The second-order valence-corrected chi connectivity index (χ2v) is 8.77. The first-order valence-corrected chi connectivity index (χ1v) is 11.5. The highest BCUT2D eigenvalue weighted by atomic mass is 127. The number of aryl methyl sites for hydroxylation is 1. The molecule has 0 aliphatic carbocycles. The monoisotopic (exact) mass is 568 g/mol. The Morgan fingerprint density at radius 3 is 2.47 bits per heavy atom. The summed E-state index contributed by atoms with van der Waals surface area (Å²) in [6.45, 7) is 2.22. The van der Waals surface area contributed by atoms with Gasteiger partial charge in [-0.1, -0.05) is 42.5 Å². The van der Waals surface area contributed by atoms with Gasteiger partial charge in [-0.25, -0.2) is 9.69 Å². The molecule has 0 aromatic heterocycles. The van der Waals surface area contributed by atoms with E-state index in [2.05, 4.69) is 27.9 Å². The van der Waals surface area contributed by atoms with Gasteiger partial charge in [0.15, 0.2) is 11.5 Å². The summed E-state index contributed by atoms with van der Waals surface area (Å²) in [7, 11) is 1.52. The number of carbonyl (C=O) groups is 3. The smallest absolute Gasteiger partial charge is 0.335 e. The number of benzene rings is 3. The Labute approximate surface area is 210 Å². The van der Waals surface area contributed by atoms with Crippen LogP contribution in [-0.4, -0.2) is 25.0 Å². The highest BCUT2D eigenvalue weighted by Gasteiger charge is 2.36. The predicted molar refractivity (Wildman–Crippen MR) is 137 cm³/mol. The number of carbonyl (C=O) groups excluding carboxylic acids is 3. The zero-order valence-electron chi connectivity index (χ0n) is 18.5. The topological polar surface area (TPSA) is 84.9 Å². The van der Waals surface area contributed by atoms with Gasteiger partial charge in [0.05, 0.1) is 16.4 Å². The summed E-state index contributed by atoms with van der Waals surface area (Å²) in [4.78, 5) is 39.0. The molecule has 1 N–H and O–H groups in total. The van der Waals surface area contributed by atoms with Crippen molar-refractivity contribution in [1.82, 2.24) is 5.32 Å². The van der Waals surface area contributed by atoms with E-state index in [-0.39, 0.29) is 5.57 Å². The minimum Gasteiger partial charge on any atom is -0.493 e. The van der Waals surface area contributed by atoms with E-state index in [0.29, 0.717) is 29.4 Å². The minimum atomic E-state index is -0.783. The Bertz CT molecular complexity index is 1300. The lowest BCUT2D eigenvalue weighted by atomic mass is 10.1. The van der Waals surface area contributed by atoms with Crippen molar-refractivity contribution in [2.45, 2.75) is 13.5 Å². The fourth-order valence-electron chi connectivity index (χ4n) is 3.52. The maximum atomic E-state index is 13.1. The first kappa shape index (κ1) is 23.5. The SMILES string of the molecule is COc1cc(/C=C2\C(=O)NC(=O)N(c3cccc(C)c3)C2=O)cc(I)c1OCc1ccccc1. The van der Waals surface area contributed by atoms with Gasteiger partial charge in [-0.2, -0.15) is 0 Å². The molecule has 0 saturated carbocycles. The standard InChI is InChI=1S/C26H21IN2O5/c1-16-7-6-10-19(11-16)29-25(31)20(24(30)28-26(29)32)12-18-13-21(27)23(22(14-18)33-2)34-15-17-8-4-3-5-9-17/h3-14H,15H2,1-2H3,(H,28,30,32)/b20-12+. The first-order chi connectivity index (χ1) is 16.4. The molecule has 0 spiro atoms. The van der Waals surface area contributed by atoms with Gasteiger partial charge < -0.3 is 9.47 Å². The van der Waals surface area contributed by atoms with E-state index in [0.717, 1.165) is 19.6 Å². The zero-order valence-corrected chi connectivity index (χ0v) is 20.7. The molecule has 4 rings (SSSR count). The van der Waals surface area contributed by atoms with Gasteiger partial charge >= 0.3 is 6.03 Å². The van der Waals surface area contributed by atoms with Crippen LogP contribution in [0.5, 0.6) is 11.5 Å². The van der Waals surface area contributed by atoms with Crippen molar-refractivity contribution in [2.75, 3.05) is 12.0 Å². The number of hydrogen-bond acceptors (Lipinski definition) is 5. The van der Waals surface area contributed by atoms with Crippen LogP contribution in [0.2, 0.25) is 0 Å².